The predicted molar refractivity (Wildman–Crippen MR) is 116 cm³/mol. The number of nitrogens with zero attached hydrogens (tertiary/aromatic N) is 2. The number of benzene rings is 2. The van der Waals surface area contributed by atoms with E-state index in [0.29, 0.717) is 26.3 Å². The molecule has 1 aliphatic heterocycles. The van der Waals surface area contributed by atoms with Gasteiger partial charge in [0.1, 0.15) is 0 Å². The summed E-state index contributed by atoms with van der Waals surface area (Å²) >= 11 is 0. The van der Waals surface area contributed by atoms with Crippen LogP contribution in [0.5, 0.6) is 11.5 Å². The molecule has 0 atom stereocenters. The Morgan fingerprint density at radius 3 is 2.58 bits per heavy atom. The van der Waals surface area contributed by atoms with Crippen molar-refractivity contribution in [2.24, 2.45) is 4.99 Å². The van der Waals surface area contributed by atoms with E-state index in [1.165, 1.54) is 5.56 Å². The Morgan fingerprint density at radius 2 is 1.81 bits per heavy atom. The number of ether oxygens (including phenoxy) is 2. The first kappa shape index (κ1) is 20.4. The van der Waals surface area contributed by atoms with Crippen LogP contribution in [0, 0.1) is 0 Å². The molecule has 5 nitrogen and oxygen atoms in total. The fourth-order valence-corrected chi connectivity index (χ4v) is 2.67. The molecular formula is C20H26IN3O2. The number of guanidine groups is 1. The molecule has 0 saturated heterocycles. The first-order chi connectivity index (χ1) is 12.2. The molecule has 0 bridgehead atoms. The number of hydrogen-bond donors (Lipinski definition) is 1. The van der Waals surface area contributed by atoms with Crippen LogP contribution in [0.3, 0.4) is 0 Å². The fourth-order valence-electron chi connectivity index (χ4n) is 2.67. The van der Waals surface area contributed by atoms with Crippen molar-refractivity contribution in [1.29, 1.82) is 0 Å². The van der Waals surface area contributed by atoms with E-state index >= 15 is 0 Å². The van der Waals surface area contributed by atoms with Gasteiger partial charge in [0, 0.05) is 32.6 Å². The Balaban J connectivity index is 0.00000243. The molecule has 2 aromatic carbocycles. The van der Waals surface area contributed by atoms with Gasteiger partial charge in [-0.2, -0.15) is 0 Å². The van der Waals surface area contributed by atoms with Gasteiger partial charge in [-0.3, -0.25) is 0 Å². The minimum atomic E-state index is 0. The molecular weight excluding hydrogens is 441 g/mol. The molecule has 0 radical (unpaired) electrons. The number of aliphatic imine (C=N–C) groups is 1. The summed E-state index contributed by atoms with van der Waals surface area (Å²) in [7, 11) is 3.98. The molecule has 0 amide bonds. The van der Waals surface area contributed by atoms with Crippen LogP contribution in [-0.2, 0) is 13.1 Å². The highest BCUT2D eigenvalue weighted by atomic mass is 127. The molecule has 0 spiro atoms. The zero-order valence-corrected chi connectivity index (χ0v) is 17.6. The largest absolute Gasteiger partial charge is 0.490 e. The standard InChI is InChI=1S/C20H25N3O2.HI/c1-23(2)20(21-14-16-8-4-3-5-9-16)22-15-17-10-6-11-18-19(17)25-13-7-12-24-18;/h3-6,8-11H,7,12-15H2,1-2H3,(H,21,22);1H. The minimum absolute atomic E-state index is 0. The van der Waals surface area contributed by atoms with Gasteiger partial charge >= 0.3 is 0 Å². The lowest BCUT2D eigenvalue weighted by Gasteiger charge is -2.19. The number of para-hydroxylation sites is 1. The third kappa shape index (κ3) is 5.52. The fraction of sp³-hybridized carbons (Fsp3) is 0.350. The second-order valence-electron chi connectivity index (χ2n) is 6.17. The lowest BCUT2D eigenvalue weighted by molar-refractivity contribution is 0.296. The third-order valence-corrected chi connectivity index (χ3v) is 3.97. The van der Waals surface area contributed by atoms with E-state index in [9.17, 15) is 0 Å². The summed E-state index contributed by atoms with van der Waals surface area (Å²) in [6.45, 7) is 2.67. The van der Waals surface area contributed by atoms with Crippen LogP contribution < -0.4 is 14.8 Å². The summed E-state index contributed by atoms with van der Waals surface area (Å²) in [5, 5.41) is 3.42. The van der Waals surface area contributed by atoms with Gasteiger partial charge in [0.25, 0.3) is 0 Å². The maximum absolute atomic E-state index is 5.88. The molecule has 0 unspecified atom stereocenters. The second kappa shape index (κ2) is 10.3. The van der Waals surface area contributed by atoms with Crippen molar-refractivity contribution >= 4 is 29.9 Å². The molecule has 0 fully saturated rings. The highest BCUT2D eigenvalue weighted by molar-refractivity contribution is 14.0. The van der Waals surface area contributed by atoms with Crippen LogP contribution in [0.25, 0.3) is 0 Å². The van der Waals surface area contributed by atoms with Gasteiger partial charge in [-0.15, -0.1) is 24.0 Å². The number of halogens is 1. The minimum Gasteiger partial charge on any atom is -0.490 e. The zero-order chi connectivity index (χ0) is 17.5. The van der Waals surface area contributed by atoms with E-state index in [1.807, 2.05) is 49.3 Å². The Bertz CT molecular complexity index is 720. The van der Waals surface area contributed by atoms with Crippen molar-refractivity contribution in [3.05, 3.63) is 59.7 Å². The molecule has 6 heteroatoms. The SMILES string of the molecule is CN(C)C(=NCc1ccccc1)NCc1cccc2c1OCCCO2.I. The van der Waals surface area contributed by atoms with Crippen LogP contribution >= 0.6 is 24.0 Å². The molecule has 2 aromatic rings. The van der Waals surface area contributed by atoms with E-state index in [2.05, 4.69) is 23.5 Å². The monoisotopic (exact) mass is 467 g/mol. The highest BCUT2D eigenvalue weighted by Crippen LogP contribution is 2.33. The van der Waals surface area contributed by atoms with Gasteiger partial charge < -0.3 is 19.7 Å². The van der Waals surface area contributed by atoms with Gasteiger partial charge in [-0.05, 0) is 11.6 Å². The summed E-state index contributed by atoms with van der Waals surface area (Å²) in [6, 6.07) is 16.3. The predicted octanol–water partition coefficient (Wildman–Crippen LogP) is 3.67. The van der Waals surface area contributed by atoms with Crippen LogP contribution in [0.2, 0.25) is 0 Å². The van der Waals surface area contributed by atoms with Gasteiger partial charge in [-0.25, -0.2) is 4.99 Å². The highest BCUT2D eigenvalue weighted by Gasteiger charge is 2.14. The van der Waals surface area contributed by atoms with E-state index in [-0.39, 0.29) is 24.0 Å². The molecule has 1 aliphatic rings. The summed E-state index contributed by atoms with van der Waals surface area (Å²) in [5.74, 6) is 2.51. The van der Waals surface area contributed by atoms with Crippen LogP contribution in [0.15, 0.2) is 53.5 Å². The van der Waals surface area contributed by atoms with Gasteiger partial charge in [-0.1, -0.05) is 42.5 Å². The quantitative estimate of drug-likeness (QED) is 0.424. The molecule has 3 rings (SSSR count). The normalized spacial score (nSPS) is 13.4. The molecule has 1 heterocycles. The van der Waals surface area contributed by atoms with Crippen molar-refractivity contribution < 1.29 is 9.47 Å². The first-order valence-electron chi connectivity index (χ1n) is 8.61. The van der Waals surface area contributed by atoms with E-state index in [0.717, 1.165) is 29.4 Å². The zero-order valence-electron chi connectivity index (χ0n) is 15.3. The summed E-state index contributed by atoms with van der Waals surface area (Å²) in [5.41, 5.74) is 2.27. The lowest BCUT2D eigenvalue weighted by Crippen LogP contribution is -2.36. The van der Waals surface area contributed by atoms with E-state index in [4.69, 9.17) is 14.5 Å². The number of nitrogens with one attached hydrogen (secondary N) is 1. The first-order valence-corrected chi connectivity index (χ1v) is 8.61. The van der Waals surface area contributed by atoms with Gasteiger partial charge in [0.2, 0.25) is 0 Å². The van der Waals surface area contributed by atoms with Crippen LogP contribution in [-0.4, -0.2) is 38.2 Å². The molecule has 0 aromatic heterocycles. The van der Waals surface area contributed by atoms with Gasteiger partial charge in [0.15, 0.2) is 17.5 Å². The lowest BCUT2D eigenvalue weighted by atomic mass is 10.2. The maximum Gasteiger partial charge on any atom is 0.194 e. The maximum atomic E-state index is 5.88. The average Bonchev–Trinajstić information content (AvgIpc) is 2.88. The molecule has 1 N–H and O–H groups in total. The number of hydrogen-bond acceptors (Lipinski definition) is 3. The van der Waals surface area contributed by atoms with E-state index < -0.39 is 0 Å². The van der Waals surface area contributed by atoms with Crippen molar-refractivity contribution in [3.63, 3.8) is 0 Å². The average molecular weight is 467 g/mol. The number of fused-ring (bicyclic) bond motifs is 1. The molecule has 140 valence electrons. The Hall–Kier alpha value is -1.96. The summed E-state index contributed by atoms with van der Waals surface area (Å²) in [6.07, 6.45) is 0.906. The van der Waals surface area contributed by atoms with Crippen molar-refractivity contribution in [1.82, 2.24) is 10.2 Å². The molecule has 0 saturated carbocycles. The van der Waals surface area contributed by atoms with E-state index in [1.54, 1.807) is 0 Å². The topological polar surface area (TPSA) is 46.1 Å². The summed E-state index contributed by atoms with van der Waals surface area (Å²) < 4.78 is 11.6. The smallest absolute Gasteiger partial charge is 0.194 e. The molecule has 0 aliphatic carbocycles. The van der Waals surface area contributed by atoms with Crippen LogP contribution in [0.1, 0.15) is 17.5 Å². The van der Waals surface area contributed by atoms with Gasteiger partial charge in [0.05, 0.1) is 19.8 Å². The Kier molecular flexibility index (Phi) is 8.03. The third-order valence-electron chi connectivity index (χ3n) is 3.97. The van der Waals surface area contributed by atoms with Crippen LogP contribution in [0.4, 0.5) is 0 Å². The second-order valence-corrected chi connectivity index (χ2v) is 6.17. The van der Waals surface area contributed by atoms with Crippen molar-refractivity contribution in [2.45, 2.75) is 19.5 Å². The Labute approximate surface area is 172 Å². The van der Waals surface area contributed by atoms with Crippen molar-refractivity contribution in [2.75, 3.05) is 27.3 Å². The number of rotatable bonds is 4. The Morgan fingerprint density at radius 1 is 1.04 bits per heavy atom. The summed E-state index contributed by atoms with van der Waals surface area (Å²) in [4.78, 5) is 6.69. The molecule has 26 heavy (non-hydrogen) atoms. The van der Waals surface area contributed by atoms with Crippen molar-refractivity contribution in [3.8, 4) is 11.5 Å².